The molecule has 1 aliphatic rings. The summed E-state index contributed by atoms with van der Waals surface area (Å²) < 4.78 is 0. The van der Waals surface area contributed by atoms with Crippen LogP contribution in [0.2, 0.25) is 0 Å². The lowest BCUT2D eigenvalue weighted by Gasteiger charge is -2.35. The molecule has 98 valence electrons. The molecule has 20 heavy (non-hydrogen) atoms. The zero-order valence-electron chi connectivity index (χ0n) is 11.0. The maximum atomic E-state index is 12.3. The van der Waals surface area contributed by atoms with E-state index in [2.05, 4.69) is 11.4 Å². The van der Waals surface area contributed by atoms with Crippen molar-refractivity contribution in [3.63, 3.8) is 0 Å². The molecule has 4 nitrogen and oxygen atoms in total. The largest absolute Gasteiger partial charge is 0.357 e. The number of fused-ring (bicyclic) bond motifs is 1. The van der Waals surface area contributed by atoms with E-state index < -0.39 is 6.04 Å². The van der Waals surface area contributed by atoms with Crippen molar-refractivity contribution in [2.75, 3.05) is 17.3 Å². The van der Waals surface area contributed by atoms with Crippen LogP contribution in [0.3, 0.4) is 0 Å². The number of carbonyl (C=O) groups excluding carboxylic acids is 1. The first kappa shape index (κ1) is 12.2. The van der Waals surface area contributed by atoms with Gasteiger partial charge in [-0.1, -0.05) is 24.3 Å². The first-order valence-corrected chi connectivity index (χ1v) is 6.33. The number of nitrogens with zero attached hydrogens (tertiary/aromatic N) is 2. The van der Waals surface area contributed by atoms with Gasteiger partial charge in [-0.05, 0) is 29.8 Å². The molecule has 1 unspecified atom stereocenters. The Balaban J connectivity index is 2.06. The van der Waals surface area contributed by atoms with E-state index in [0.717, 1.165) is 16.9 Å². The molecule has 3 rings (SSSR count). The third-order valence-corrected chi connectivity index (χ3v) is 3.51. The molecule has 0 fully saturated rings. The first-order valence-electron chi connectivity index (χ1n) is 6.33. The predicted molar refractivity (Wildman–Crippen MR) is 77.4 cm³/mol. The highest BCUT2D eigenvalue weighted by molar-refractivity contribution is 6.03. The maximum absolute atomic E-state index is 12.3. The summed E-state index contributed by atoms with van der Waals surface area (Å²) in [7, 11) is 1.89. The topological polar surface area (TPSA) is 56.1 Å². The van der Waals surface area contributed by atoms with Gasteiger partial charge < -0.3 is 10.2 Å². The van der Waals surface area contributed by atoms with Crippen LogP contribution in [0.1, 0.15) is 17.2 Å². The van der Waals surface area contributed by atoms with Crippen molar-refractivity contribution in [1.82, 2.24) is 0 Å². The Hall–Kier alpha value is -2.80. The van der Waals surface area contributed by atoms with Gasteiger partial charge in [0.25, 0.3) is 5.91 Å². The fourth-order valence-corrected chi connectivity index (χ4v) is 2.56. The van der Waals surface area contributed by atoms with Gasteiger partial charge in [0.2, 0.25) is 0 Å². The van der Waals surface area contributed by atoms with Crippen LogP contribution in [0.4, 0.5) is 11.4 Å². The Bertz CT molecular complexity index is 718. The Morgan fingerprint density at radius 3 is 2.80 bits per heavy atom. The summed E-state index contributed by atoms with van der Waals surface area (Å²) in [6.07, 6.45) is 0. The Morgan fingerprint density at radius 2 is 2.00 bits per heavy atom. The number of hydrogen-bond donors (Lipinski definition) is 1. The second-order valence-electron chi connectivity index (χ2n) is 4.76. The van der Waals surface area contributed by atoms with Gasteiger partial charge in [0.05, 0.1) is 23.0 Å². The quantitative estimate of drug-likeness (QED) is 0.860. The van der Waals surface area contributed by atoms with Crippen molar-refractivity contribution in [3.8, 4) is 6.07 Å². The smallest absolute Gasteiger partial charge is 0.251 e. The van der Waals surface area contributed by atoms with E-state index in [1.165, 1.54) is 0 Å². The molecule has 1 amide bonds. The van der Waals surface area contributed by atoms with Crippen LogP contribution in [-0.2, 0) is 4.79 Å². The zero-order chi connectivity index (χ0) is 14.1. The average Bonchev–Trinajstić information content (AvgIpc) is 2.47. The maximum Gasteiger partial charge on any atom is 0.251 e. The van der Waals surface area contributed by atoms with Crippen LogP contribution in [-0.4, -0.2) is 13.0 Å². The Morgan fingerprint density at radius 1 is 1.20 bits per heavy atom. The number of nitriles is 1. The Kier molecular flexibility index (Phi) is 2.88. The summed E-state index contributed by atoms with van der Waals surface area (Å²) >= 11 is 0. The van der Waals surface area contributed by atoms with Crippen LogP contribution in [0.5, 0.6) is 0 Å². The standard InChI is InChI=1S/C16H13N3O/c1-19-14-8-3-2-7-13(14)18-16(20)15(19)12-6-4-5-11(9-12)10-17/h2-9,15H,1H3,(H,18,20). The number of rotatable bonds is 1. The minimum absolute atomic E-state index is 0.0821. The van der Waals surface area contributed by atoms with Crippen molar-refractivity contribution in [1.29, 1.82) is 5.26 Å². The third-order valence-electron chi connectivity index (χ3n) is 3.51. The predicted octanol–water partition coefficient (Wildman–Crippen LogP) is 2.69. The molecule has 4 heteroatoms. The van der Waals surface area contributed by atoms with E-state index in [0.29, 0.717) is 5.56 Å². The van der Waals surface area contributed by atoms with Crippen molar-refractivity contribution >= 4 is 17.3 Å². The minimum atomic E-state index is -0.418. The van der Waals surface area contributed by atoms with E-state index in [4.69, 9.17) is 5.26 Å². The molecular weight excluding hydrogens is 250 g/mol. The second kappa shape index (κ2) is 4.71. The van der Waals surface area contributed by atoms with Gasteiger partial charge in [-0.15, -0.1) is 0 Å². The van der Waals surface area contributed by atoms with Crippen LogP contribution >= 0.6 is 0 Å². The molecule has 1 atom stereocenters. The molecule has 0 radical (unpaired) electrons. The SMILES string of the molecule is CN1c2ccccc2NC(=O)C1c1cccc(C#N)c1. The molecular formula is C16H13N3O. The van der Waals surface area contributed by atoms with E-state index >= 15 is 0 Å². The Labute approximate surface area is 117 Å². The second-order valence-corrected chi connectivity index (χ2v) is 4.76. The third kappa shape index (κ3) is 1.90. The van der Waals surface area contributed by atoms with Gasteiger partial charge in [-0.3, -0.25) is 4.79 Å². The number of anilines is 2. The molecule has 2 aromatic rings. The van der Waals surface area contributed by atoms with Crippen molar-refractivity contribution in [3.05, 3.63) is 59.7 Å². The van der Waals surface area contributed by atoms with Crippen LogP contribution < -0.4 is 10.2 Å². The number of para-hydroxylation sites is 2. The van der Waals surface area contributed by atoms with Crippen LogP contribution in [0.25, 0.3) is 0 Å². The summed E-state index contributed by atoms with van der Waals surface area (Å²) in [4.78, 5) is 14.3. The molecule has 1 aliphatic heterocycles. The van der Waals surface area contributed by atoms with Gasteiger partial charge in [-0.2, -0.15) is 5.26 Å². The summed E-state index contributed by atoms with van der Waals surface area (Å²) in [5.74, 6) is -0.0821. The minimum Gasteiger partial charge on any atom is -0.357 e. The number of amides is 1. The molecule has 1 heterocycles. The summed E-state index contributed by atoms with van der Waals surface area (Å²) in [5.41, 5.74) is 3.16. The van der Waals surface area contributed by atoms with Crippen LogP contribution in [0, 0.1) is 11.3 Å². The first-order chi connectivity index (χ1) is 9.70. The number of hydrogen-bond acceptors (Lipinski definition) is 3. The highest BCUT2D eigenvalue weighted by atomic mass is 16.2. The lowest BCUT2D eigenvalue weighted by molar-refractivity contribution is -0.117. The number of carbonyl (C=O) groups is 1. The summed E-state index contributed by atoms with van der Waals surface area (Å²) in [6.45, 7) is 0. The molecule has 0 saturated carbocycles. The fourth-order valence-electron chi connectivity index (χ4n) is 2.56. The van der Waals surface area contributed by atoms with Gasteiger partial charge >= 0.3 is 0 Å². The molecule has 0 bridgehead atoms. The van der Waals surface area contributed by atoms with Gasteiger partial charge in [0, 0.05) is 7.05 Å². The van der Waals surface area contributed by atoms with E-state index in [1.54, 1.807) is 18.2 Å². The summed E-state index contributed by atoms with van der Waals surface area (Å²) in [5, 5.41) is 11.9. The molecule has 0 saturated heterocycles. The molecule has 0 aromatic heterocycles. The van der Waals surface area contributed by atoms with Gasteiger partial charge in [0.1, 0.15) is 6.04 Å². The fraction of sp³-hybridized carbons (Fsp3) is 0.125. The normalized spacial score (nSPS) is 17.1. The molecule has 1 N–H and O–H groups in total. The average molecular weight is 263 g/mol. The highest BCUT2D eigenvalue weighted by Crippen LogP contribution is 2.36. The van der Waals surface area contributed by atoms with Crippen molar-refractivity contribution in [2.45, 2.75) is 6.04 Å². The van der Waals surface area contributed by atoms with E-state index in [-0.39, 0.29) is 5.91 Å². The van der Waals surface area contributed by atoms with E-state index in [1.807, 2.05) is 42.3 Å². The van der Waals surface area contributed by atoms with Gasteiger partial charge in [0.15, 0.2) is 0 Å². The zero-order valence-corrected chi connectivity index (χ0v) is 11.0. The lowest BCUT2D eigenvalue weighted by Crippen LogP contribution is -2.39. The van der Waals surface area contributed by atoms with Gasteiger partial charge in [-0.25, -0.2) is 0 Å². The number of likely N-dealkylation sites (N-methyl/N-ethyl adjacent to an activating group) is 1. The highest BCUT2D eigenvalue weighted by Gasteiger charge is 2.31. The van der Waals surface area contributed by atoms with Crippen molar-refractivity contribution in [2.24, 2.45) is 0 Å². The summed E-state index contributed by atoms with van der Waals surface area (Å²) in [6, 6.07) is 16.5. The van der Waals surface area contributed by atoms with E-state index in [9.17, 15) is 4.79 Å². The molecule has 0 spiro atoms. The number of benzene rings is 2. The molecule has 2 aromatic carbocycles. The van der Waals surface area contributed by atoms with Crippen LogP contribution in [0.15, 0.2) is 48.5 Å². The lowest BCUT2D eigenvalue weighted by atomic mass is 9.99. The monoisotopic (exact) mass is 263 g/mol. The van der Waals surface area contributed by atoms with Crippen molar-refractivity contribution < 1.29 is 4.79 Å². The molecule has 0 aliphatic carbocycles. The number of nitrogens with one attached hydrogen (secondary N) is 1.